The van der Waals surface area contributed by atoms with Gasteiger partial charge in [0.25, 0.3) is 0 Å². The van der Waals surface area contributed by atoms with E-state index in [0.717, 1.165) is 5.39 Å². The number of aromatic nitrogens is 3. The molecule has 0 aliphatic rings. The number of carbonyl (C=O) groups is 2. The molecule has 1 N–H and O–H groups in total. The van der Waals surface area contributed by atoms with Crippen molar-refractivity contribution >= 4 is 40.3 Å². The third-order valence-corrected chi connectivity index (χ3v) is 5.70. The van der Waals surface area contributed by atoms with Gasteiger partial charge in [-0.15, -0.1) is 10.2 Å². The molecule has 2 heterocycles. The van der Waals surface area contributed by atoms with Crippen LogP contribution in [0.5, 0.6) is 5.75 Å². The summed E-state index contributed by atoms with van der Waals surface area (Å²) in [7, 11) is 4.70. The van der Waals surface area contributed by atoms with E-state index in [9.17, 15) is 9.59 Å². The molecule has 10 heteroatoms. The van der Waals surface area contributed by atoms with Gasteiger partial charge in [-0.25, -0.2) is 4.79 Å². The lowest BCUT2D eigenvalue weighted by molar-refractivity contribution is -0.113. The van der Waals surface area contributed by atoms with Gasteiger partial charge in [0.05, 0.1) is 25.5 Å². The molecule has 0 saturated carbocycles. The second-order valence-corrected chi connectivity index (χ2v) is 7.71. The lowest BCUT2D eigenvalue weighted by atomic mass is 10.2. The van der Waals surface area contributed by atoms with Crippen molar-refractivity contribution in [2.75, 3.05) is 25.3 Å². The van der Waals surface area contributed by atoms with Gasteiger partial charge in [-0.05, 0) is 30.3 Å². The highest BCUT2D eigenvalue weighted by molar-refractivity contribution is 7.99. The normalized spacial score (nSPS) is 10.8. The number of nitrogens with one attached hydrogen (secondary N) is 1. The van der Waals surface area contributed by atoms with E-state index in [4.69, 9.17) is 13.9 Å². The number of rotatable bonds is 7. The molecule has 2 aromatic heterocycles. The van der Waals surface area contributed by atoms with E-state index in [1.165, 1.54) is 18.9 Å². The number of benzene rings is 2. The first kappa shape index (κ1) is 21.4. The smallest absolute Gasteiger partial charge is 0.337 e. The number of amides is 1. The van der Waals surface area contributed by atoms with Crippen LogP contribution >= 0.6 is 11.8 Å². The number of furan rings is 1. The quantitative estimate of drug-likeness (QED) is 0.334. The number of ether oxygens (including phenoxy) is 2. The number of para-hydroxylation sites is 1. The predicted octanol–water partition coefficient (Wildman–Crippen LogP) is 3.75. The minimum atomic E-state index is -0.467. The SMILES string of the molecule is COC(=O)c1cccc(NC(=O)CSc2nnc(-c3cc4cccc(OC)c4o3)n2C)c1. The second kappa shape index (κ2) is 9.15. The van der Waals surface area contributed by atoms with Gasteiger partial charge in [0.2, 0.25) is 5.91 Å². The first-order chi connectivity index (χ1) is 15.5. The summed E-state index contributed by atoms with van der Waals surface area (Å²) in [6.07, 6.45) is 0. The van der Waals surface area contributed by atoms with Gasteiger partial charge in [0.1, 0.15) is 0 Å². The molecule has 0 atom stereocenters. The molecule has 0 unspecified atom stereocenters. The molecule has 0 saturated heterocycles. The lowest BCUT2D eigenvalue weighted by Crippen LogP contribution is -2.15. The summed E-state index contributed by atoms with van der Waals surface area (Å²) in [6.45, 7) is 0. The molecular weight excluding hydrogens is 432 g/mol. The van der Waals surface area contributed by atoms with Crippen LogP contribution in [0.1, 0.15) is 10.4 Å². The third kappa shape index (κ3) is 4.30. The molecular formula is C22H20N4O5S. The number of fused-ring (bicyclic) bond motifs is 1. The summed E-state index contributed by atoms with van der Waals surface area (Å²) in [5.74, 6) is 1.13. The molecule has 9 nitrogen and oxygen atoms in total. The zero-order valence-electron chi connectivity index (χ0n) is 17.6. The Hall–Kier alpha value is -3.79. The Balaban J connectivity index is 1.44. The molecule has 4 rings (SSSR count). The molecule has 0 radical (unpaired) electrons. The van der Waals surface area contributed by atoms with Gasteiger partial charge < -0.3 is 23.8 Å². The van der Waals surface area contributed by atoms with Crippen LogP contribution < -0.4 is 10.1 Å². The molecule has 0 aliphatic heterocycles. The number of thioether (sulfide) groups is 1. The van der Waals surface area contributed by atoms with Crippen molar-refractivity contribution in [2.24, 2.45) is 7.05 Å². The molecule has 0 bridgehead atoms. The Morgan fingerprint density at radius 3 is 2.72 bits per heavy atom. The Bertz CT molecular complexity index is 1300. The van der Waals surface area contributed by atoms with Crippen LogP contribution in [0.25, 0.3) is 22.6 Å². The Kier molecular flexibility index (Phi) is 6.13. The third-order valence-electron chi connectivity index (χ3n) is 4.68. The van der Waals surface area contributed by atoms with Crippen molar-refractivity contribution in [3.63, 3.8) is 0 Å². The monoisotopic (exact) mass is 452 g/mol. The van der Waals surface area contributed by atoms with E-state index in [0.29, 0.717) is 39.3 Å². The predicted molar refractivity (Wildman–Crippen MR) is 120 cm³/mol. The highest BCUT2D eigenvalue weighted by Gasteiger charge is 2.18. The average molecular weight is 452 g/mol. The van der Waals surface area contributed by atoms with Crippen LogP contribution in [0.15, 0.2) is 58.1 Å². The number of anilines is 1. The molecule has 2 aromatic carbocycles. The summed E-state index contributed by atoms with van der Waals surface area (Å²) in [5, 5.41) is 12.6. The van der Waals surface area contributed by atoms with Gasteiger partial charge in [-0.3, -0.25) is 4.79 Å². The lowest BCUT2D eigenvalue weighted by Gasteiger charge is -2.07. The van der Waals surface area contributed by atoms with Crippen molar-refractivity contribution < 1.29 is 23.5 Å². The molecule has 0 aliphatic carbocycles. The molecule has 32 heavy (non-hydrogen) atoms. The Morgan fingerprint density at radius 1 is 1.12 bits per heavy atom. The van der Waals surface area contributed by atoms with Crippen molar-refractivity contribution in [2.45, 2.75) is 5.16 Å². The number of carbonyl (C=O) groups excluding carboxylic acids is 2. The zero-order chi connectivity index (χ0) is 22.7. The maximum atomic E-state index is 12.4. The van der Waals surface area contributed by atoms with Gasteiger partial charge in [0.15, 0.2) is 28.1 Å². The highest BCUT2D eigenvalue weighted by Crippen LogP contribution is 2.33. The average Bonchev–Trinajstić information content (AvgIpc) is 3.40. The zero-order valence-corrected chi connectivity index (χ0v) is 18.4. The van der Waals surface area contributed by atoms with Crippen molar-refractivity contribution in [1.29, 1.82) is 0 Å². The van der Waals surface area contributed by atoms with Crippen molar-refractivity contribution in [1.82, 2.24) is 14.8 Å². The van der Waals surface area contributed by atoms with Crippen LogP contribution in [0.4, 0.5) is 5.69 Å². The Morgan fingerprint density at radius 2 is 1.94 bits per heavy atom. The second-order valence-electron chi connectivity index (χ2n) is 6.76. The van der Waals surface area contributed by atoms with Crippen LogP contribution in [0.2, 0.25) is 0 Å². The standard InChI is InChI=1S/C22H20N4O5S/c1-26-20(17-11-13-6-5-9-16(29-2)19(13)31-17)24-25-22(26)32-12-18(27)23-15-8-4-7-14(10-15)21(28)30-3/h4-11H,12H2,1-3H3,(H,23,27). The summed E-state index contributed by atoms with van der Waals surface area (Å²) >= 11 is 1.24. The number of methoxy groups -OCH3 is 2. The van der Waals surface area contributed by atoms with Crippen molar-refractivity contribution in [3.05, 3.63) is 54.1 Å². The van der Waals surface area contributed by atoms with E-state index in [1.807, 2.05) is 24.3 Å². The first-order valence-electron chi connectivity index (χ1n) is 9.57. The molecule has 1 amide bonds. The van der Waals surface area contributed by atoms with Crippen LogP contribution in [-0.4, -0.2) is 46.6 Å². The largest absolute Gasteiger partial charge is 0.493 e. The summed E-state index contributed by atoms with van der Waals surface area (Å²) in [6, 6.07) is 14.1. The van der Waals surface area contributed by atoms with E-state index in [2.05, 4.69) is 15.5 Å². The number of nitrogens with zero attached hydrogens (tertiary/aromatic N) is 3. The highest BCUT2D eigenvalue weighted by atomic mass is 32.2. The van der Waals surface area contributed by atoms with Crippen LogP contribution in [0.3, 0.4) is 0 Å². The number of hydrogen-bond acceptors (Lipinski definition) is 8. The van der Waals surface area contributed by atoms with E-state index >= 15 is 0 Å². The van der Waals surface area contributed by atoms with Gasteiger partial charge in [0, 0.05) is 18.1 Å². The number of esters is 1. The molecule has 0 spiro atoms. The maximum absolute atomic E-state index is 12.4. The van der Waals surface area contributed by atoms with Crippen molar-refractivity contribution in [3.8, 4) is 17.3 Å². The fourth-order valence-corrected chi connectivity index (χ4v) is 3.84. The Labute approximate surface area is 187 Å². The van der Waals surface area contributed by atoms with Crippen LogP contribution in [0, 0.1) is 0 Å². The van der Waals surface area contributed by atoms with E-state index in [1.54, 1.807) is 43.0 Å². The van der Waals surface area contributed by atoms with Gasteiger partial charge in [-0.1, -0.05) is 30.0 Å². The van der Waals surface area contributed by atoms with Gasteiger partial charge in [-0.2, -0.15) is 0 Å². The summed E-state index contributed by atoms with van der Waals surface area (Å²) < 4.78 is 17.7. The summed E-state index contributed by atoms with van der Waals surface area (Å²) in [4.78, 5) is 24.0. The van der Waals surface area contributed by atoms with Gasteiger partial charge >= 0.3 is 5.97 Å². The minimum Gasteiger partial charge on any atom is -0.493 e. The first-order valence-corrected chi connectivity index (χ1v) is 10.6. The number of hydrogen-bond donors (Lipinski definition) is 1. The summed E-state index contributed by atoms with van der Waals surface area (Å²) in [5.41, 5.74) is 1.50. The molecule has 0 fully saturated rings. The maximum Gasteiger partial charge on any atom is 0.337 e. The fourth-order valence-electron chi connectivity index (χ4n) is 3.13. The minimum absolute atomic E-state index is 0.113. The topological polar surface area (TPSA) is 108 Å². The van der Waals surface area contributed by atoms with E-state index < -0.39 is 5.97 Å². The van der Waals surface area contributed by atoms with E-state index in [-0.39, 0.29) is 11.7 Å². The fraction of sp³-hybridized carbons (Fsp3) is 0.182. The molecule has 4 aromatic rings. The van der Waals surface area contributed by atoms with Crippen LogP contribution in [-0.2, 0) is 16.6 Å². The molecule has 164 valence electrons.